The number of hydrogen-bond donors (Lipinski definition) is 0. The lowest BCUT2D eigenvalue weighted by Gasteiger charge is -2.31. The molecule has 0 aromatic carbocycles. The summed E-state index contributed by atoms with van der Waals surface area (Å²) in [5, 5.41) is 0. The molecule has 2 heteroatoms. The maximum atomic E-state index is 4.09. The summed E-state index contributed by atoms with van der Waals surface area (Å²) in [4.78, 5) is 6.63. The predicted octanol–water partition coefficient (Wildman–Crippen LogP) is 3.23. The Bertz CT molecular complexity index is 358. The maximum Gasteiger partial charge on any atom is 0.0270 e. The minimum absolute atomic E-state index is 0.737. The Hall–Kier alpha value is -1.15. The predicted molar refractivity (Wildman–Crippen MR) is 72.1 cm³/mol. The standard InChI is InChI=1S/C15H22N2/c1-13(2)5-10-17-11-6-15(7-12-17)14-3-8-16-9-4-14/h3-5,8-9,15H,6-7,10-12H2,1-2H3. The van der Waals surface area contributed by atoms with E-state index in [9.17, 15) is 0 Å². The average Bonchev–Trinajstić information content (AvgIpc) is 2.38. The van der Waals surface area contributed by atoms with Crippen LogP contribution in [0.2, 0.25) is 0 Å². The summed E-state index contributed by atoms with van der Waals surface area (Å²) in [5.74, 6) is 0.737. The van der Waals surface area contributed by atoms with Crippen molar-refractivity contribution >= 4 is 0 Å². The van der Waals surface area contributed by atoms with Gasteiger partial charge in [0, 0.05) is 18.9 Å². The largest absolute Gasteiger partial charge is 0.300 e. The molecule has 17 heavy (non-hydrogen) atoms. The molecule has 0 amide bonds. The molecule has 0 spiro atoms. The van der Waals surface area contributed by atoms with Gasteiger partial charge in [0.15, 0.2) is 0 Å². The lowest BCUT2D eigenvalue weighted by atomic mass is 9.90. The first kappa shape index (κ1) is 12.3. The number of piperidine rings is 1. The zero-order valence-electron chi connectivity index (χ0n) is 10.9. The Balaban J connectivity index is 1.84. The number of likely N-dealkylation sites (tertiary alicyclic amines) is 1. The van der Waals surface area contributed by atoms with Crippen LogP contribution in [0.15, 0.2) is 36.2 Å². The molecule has 0 N–H and O–H groups in total. The maximum absolute atomic E-state index is 4.09. The third-order valence-electron chi connectivity index (χ3n) is 3.52. The van der Waals surface area contributed by atoms with Crippen molar-refractivity contribution in [3.8, 4) is 0 Å². The molecule has 1 saturated heterocycles. The molecule has 1 aromatic heterocycles. The van der Waals surface area contributed by atoms with E-state index in [0.29, 0.717) is 0 Å². The normalized spacial score (nSPS) is 18.0. The smallest absolute Gasteiger partial charge is 0.0270 e. The third kappa shape index (κ3) is 3.67. The average molecular weight is 230 g/mol. The van der Waals surface area contributed by atoms with E-state index < -0.39 is 0 Å². The van der Waals surface area contributed by atoms with Crippen LogP contribution in [0, 0.1) is 0 Å². The van der Waals surface area contributed by atoms with Crippen LogP contribution < -0.4 is 0 Å². The molecule has 2 nitrogen and oxygen atoms in total. The van der Waals surface area contributed by atoms with Gasteiger partial charge in [-0.15, -0.1) is 0 Å². The highest BCUT2D eigenvalue weighted by Crippen LogP contribution is 2.27. The topological polar surface area (TPSA) is 16.1 Å². The summed E-state index contributed by atoms with van der Waals surface area (Å²) in [6.07, 6.45) is 8.70. The Labute approximate surface area is 104 Å². The molecule has 1 aromatic rings. The highest BCUT2D eigenvalue weighted by atomic mass is 15.1. The molecule has 0 aliphatic carbocycles. The Morgan fingerprint density at radius 2 is 1.94 bits per heavy atom. The molecular formula is C15H22N2. The van der Waals surface area contributed by atoms with Crippen LogP contribution in [0.25, 0.3) is 0 Å². The first-order valence-corrected chi connectivity index (χ1v) is 6.51. The van der Waals surface area contributed by atoms with E-state index in [2.05, 4.69) is 41.9 Å². The SMILES string of the molecule is CC(C)=CCN1CCC(c2ccncc2)CC1. The first-order valence-electron chi connectivity index (χ1n) is 6.51. The van der Waals surface area contributed by atoms with Crippen LogP contribution in [0.1, 0.15) is 38.2 Å². The van der Waals surface area contributed by atoms with Crippen molar-refractivity contribution in [2.75, 3.05) is 19.6 Å². The Morgan fingerprint density at radius 3 is 2.53 bits per heavy atom. The van der Waals surface area contributed by atoms with E-state index in [0.717, 1.165) is 12.5 Å². The molecule has 0 radical (unpaired) electrons. The second-order valence-electron chi connectivity index (χ2n) is 5.14. The molecule has 0 unspecified atom stereocenters. The van der Waals surface area contributed by atoms with E-state index >= 15 is 0 Å². The monoisotopic (exact) mass is 230 g/mol. The van der Waals surface area contributed by atoms with Gasteiger partial charge >= 0.3 is 0 Å². The van der Waals surface area contributed by atoms with Crippen molar-refractivity contribution < 1.29 is 0 Å². The molecule has 2 rings (SSSR count). The van der Waals surface area contributed by atoms with Crippen molar-refractivity contribution in [3.05, 3.63) is 41.7 Å². The van der Waals surface area contributed by atoms with E-state index in [1.807, 2.05) is 12.4 Å². The molecule has 0 atom stereocenters. The fourth-order valence-corrected chi connectivity index (χ4v) is 2.40. The fraction of sp³-hybridized carbons (Fsp3) is 0.533. The van der Waals surface area contributed by atoms with Gasteiger partial charge in [-0.25, -0.2) is 0 Å². The van der Waals surface area contributed by atoms with Gasteiger partial charge in [0.25, 0.3) is 0 Å². The molecule has 92 valence electrons. The van der Waals surface area contributed by atoms with Gasteiger partial charge in [-0.1, -0.05) is 11.6 Å². The van der Waals surface area contributed by atoms with E-state index in [1.54, 1.807) is 0 Å². The fourth-order valence-electron chi connectivity index (χ4n) is 2.40. The molecular weight excluding hydrogens is 208 g/mol. The first-order chi connectivity index (χ1) is 8.25. The number of pyridine rings is 1. The quantitative estimate of drug-likeness (QED) is 0.741. The van der Waals surface area contributed by atoms with Gasteiger partial charge in [0.2, 0.25) is 0 Å². The number of aromatic nitrogens is 1. The number of rotatable bonds is 3. The van der Waals surface area contributed by atoms with Gasteiger partial charge in [0.05, 0.1) is 0 Å². The molecule has 1 aliphatic heterocycles. The highest BCUT2D eigenvalue weighted by molar-refractivity contribution is 5.16. The minimum atomic E-state index is 0.737. The van der Waals surface area contributed by atoms with Crippen LogP contribution in [0.4, 0.5) is 0 Å². The summed E-state index contributed by atoms with van der Waals surface area (Å²) in [6.45, 7) is 7.90. The number of hydrogen-bond acceptors (Lipinski definition) is 2. The van der Waals surface area contributed by atoms with Crippen molar-refractivity contribution in [1.29, 1.82) is 0 Å². The van der Waals surface area contributed by atoms with Gasteiger partial charge in [-0.05, 0) is 63.4 Å². The summed E-state index contributed by atoms with van der Waals surface area (Å²) >= 11 is 0. The van der Waals surface area contributed by atoms with Crippen molar-refractivity contribution in [2.45, 2.75) is 32.6 Å². The highest BCUT2D eigenvalue weighted by Gasteiger charge is 2.19. The Kier molecular flexibility index (Phi) is 4.32. The zero-order valence-corrected chi connectivity index (χ0v) is 10.9. The second kappa shape index (κ2) is 5.97. The molecule has 1 fully saturated rings. The zero-order chi connectivity index (χ0) is 12.1. The van der Waals surface area contributed by atoms with Crippen molar-refractivity contribution in [3.63, 3.8) is 0 Å². The van der Waals surface area contributed by atoms with Crippen molar-refractivity contribution in [2.24, 2.45) is 0 Å². The minimum Gasteiger partial charge on any atom is -0.300 e. The summed E-state index contributed by atoms with van der Waals surface area (Å²) in [7, 11) is 0. The van der Waals surface area contributed by atoms with Crippen LogP contribution in [0.3, 0.4) is 0 Å². The van der Waals surface area contributed by atoms with E-state index in [1.165, 1.54) is 37.1 Å². The van der Waals surface area contributed by atoms with Crippen LogP contribution in [0.5, 0.6) is 0 Å². The molecule has 1 aliphatic rings. The Morgan fingerprint density at radius 1 is 1.29 bits per heavy atom. The molecule has 0 bridgehead atoms. The summed E-state index contributed by atoms with van der Waals surface area (Å²) in [5.41, 5.74) is 2.88. The van der Waals surface area contributed by atoms with Gasteiger partial charge < -0.3 is 0 Å². The van der Waals surface area contributed by atoms with E-state index in [-0.39, 0.29) is 0 Å². The van der Waals surface area contributed by atoms with Gasteiger partial charge in [0.1, 0.15) is 0 Å². The lowest BCUT2D eigenvalue weighted by molar-refractivity contribution is 0.232. The van der Waals surface area contributed by atoms with Gasteiger partial charge in [-0.2, -0.15) is 0 Å². The summed E-state index contributed by atoms with van der Waals surface area (Å²) in [6, 6.07) is 4.33. The van der Waals surface area contributed by atoms with Crippen molar-refractivity contribution in [1.82, 2.24) is 9.88 Å². The van der Waals surface area contributed by atoms with Gasteiger partial charge in [-0.3, -0.25) is 9.88 Å². The van der Waals surface area contributed by atoms with Crippen LogP contribution in [-0.4, -0.2) is 29.5 Å². The molecule has 0 saturated carbocycles. The van der Waals surface area contributed by atoms with Crippen LogP contribution in [-0.2, 0) is 0 Å². The summed E-state index contributed by atoms with van der Waals surface area (Å²) < 4.78 is 0. The third-order valence-corrected chi connectivity index (χ3v) is 3.52. The lowest BCUT2D eigenvalue weighted by Crippen LogP contribution is -2.33. The number of allylic oxidation sites excluding steroid dienone is 1. The van der Waals surface area contributed by atoms with Crippen LogP contribution >= 0.6 is 0 Å². The second-order valence-corrected chi connectivity index (χ2v) is 5.14. The van der Waals surface area contributed by atoms with E-state index in [4.69, 9.17) is 0 Å². The molecule has 2 heterocycles. The number of nitrogens with zero attached hydrogens (tertiary/aromatic N) is 2.